The molecule has 0 aliphatic carbocycles. The normalized spacial score (nSPS) is 10.3. The van der Waals surface area contributed by atoms with Crippen LogP contribution in [0, 0.1) is 0 Å². The first-order valence-corrected chi connectivity index (χ1v) is 6.25. The monoisotopic (exact) mass is 284 g/mol. The SMILES string of the molecule is NC(=O)c1ccc(Cc2ccc(C(N)=O)c(N)c2)cc1N. The van der Waals surface area contributed by atoms with Gasteiger partial charge in [-0.2, -0.15) is 0 Å². The minimum atomic E-state index is -0.561. The van der Waals surface area contributed by atoms with Crippen molar-refractivity contribution in [3.63, 3.8) is 0 Å². The summed E-state index contributed by atoms with van der Waals surface area (Å²) in [4.78, 5) is 22.2. The van der Waals surface area contributed by atoms with Crippen molar-refractivity contribution in [3.8, 4) is 0 Å². The second kappa shape index (κ2) is 5.54. The van der Waals surface area contributed by atoms with Gasteiger partial charge >= 0.3 is 0 Å². The number of nitrogens with two attached hydrogens (primary N) is 4. The quantitative estimate of drug-likeness (QED) is 0.612. The first-order chi connectivity index (χ1) is 9.88. The smallest absolute Gasteiger partial charge is 0.250 e. The fraction of sp³-hybridized carbons (Fsp3) is 0.0667. The molecular formula is C15H16N4O2. The summed E-state index contributed by atoms with van der Waals surface area (Å²) in [5.41, 5.74) is 25.0. The number of anilines is 2. The number of hydrogen-bond acceptors (Lipinski definition) is 4. The Balaban J connectivity index is 2.26. The van der Waals surface area contributed by atoms with E-state index in [0.29, 0.717) is 28.9 Å². The van der Waals surface area contributed by atoms with Crippen LogP contribution in [0.3, 0.4) is 0 Å². The lowest BCUT2D eigenvalue weighted by Crippen LogP contribution is -2.14. The number of amides is 2. The van der Waals surface area contributed by atoms with Gasteiger partial charge in [0.25, 0.3) is 11.8 Å². The van der Waals surface area contributed by atoms with E-state index in [-0.39, 0.29) is 0 Å². The molecule has 0 saturated heterocycles. The zero-order valence-electron chi connectivity index (χ0n) is 11.3. The third kappa shape index (κ3) is 3.11. The molecular weight excluding hydrogens is 268 g/mol. The maximum absolute atomic E-state index is 11.1. The summed E-state index contributed by atoms with van der Waals surface area (Å²) in [5, 5.41) is 0. The van der Waals surface area contributed by atoms with Gasteiger partial charge in [0.15, 0.2) is 0 Å². The van der Waals surface area contributed by atoms with Crippen molar-refractivity contribution in [2.75, 3.05) is 11.5 Å². The van der Waals surface area contributed by atoms with E-state index in [9.17, 15) is 9.59 Å². The van der Waals surface area contributed by atoms with Crippen molar-refractivity contribution in [3.05, 3.63) is 58.7 Å². The number of benzene rings is 2. The lowest BCUT2D eigenvalue weighted by molar-refractivity contribution is 0.0992. The molecule has 6 heteroatoms. The molecule has 0 aromatic heterocycles. The Kier molecular flexibility index (Phi) is 3.80. The van der Waals surface area contributed by atoms with Crippen molar-refractivity contribution in [2.45, 2.75) is 6.42 Å². The van der Waals surface area contributed by atoms with Crippen LogP contribution in [-0.2, 0) is 6.42 Å². The van der Waals surface area contributed by atoms with Gasteiger partial charge in [-0.15, -0.1) is 0 Å². The zero-order chi connectivity index (χ0) is 15.6. The van der Waals surface area contributed by atoms with Crippen molar-refractivity contribution in [1.82, 2.24) is 0 Å². The van der Waals surface area contributed by atoms with Crippen LogP contribution < -0.4 is 22.9 Å². The van der Waals surface area contributed by atoms with Gasteiger partial charge in [0, 0.05) is 11.4 Å². The highest BCUT2D eigenvalue weighted by molar-refractivity contribution is 5.98. The first-order valence-electron chi connectivity index (χ1n) is 6.25. The lowest BCUT2D eigenvalue weighted by atomic mass is 10.00. The summed E-state index contributed by atoms with van der Waals surface area (Å²) in [6.07, 6.45) is 0.562. The number of hydrogen-bond donors (Lipinski definition) is 4. The molecule has 2 aromatic carbocycles. The Bertz CT molecular complexity index is 664. The fourth-order valence-corrected chi connectivity index (χ4v) is 2.13. The van der Waals surface area contributed by atoms with Crippen LogP contribution in [0.2, 0.25) is 0 Å². The van der Waals surface area contributed by atoms with E-state index in [4.69, 9.17) is 22.9 Å². The average Bonchev–Trinajstić information content (AvgIpc) is 2.37. The highest BCUT2D eigenvalue weighted by Gasteiger charge is 2.09. The van der Waals surface area contributed by atoms with E-state index in [1.165, 1.54) is 0 Å². The molecule has 0 spiro atoms. The number of nitrogen functional groups attached to an aromatic ring is 2. The van der Waals surface area contributed by atoms with E-state index in [1.54, 1.807) is 36.4 Å². The van der Waals surface area contributed by atoms with Crippen LogP contribution in [0.1, 0.15) is 31.8 Å². The molecule has 2 amide bonds. The summed E-state index contributed by atoms with van der Waals surface area (Å²) in [5.74, 6) is -1.12. The maximum atomic E-state index is 11.1. The molecule has 6 nitrogen and oxygen atoms in total. The summed E-state index contributed by atoms with van der Waals surface area (Å²) < 4.78 is 0. The van der Waals surface area contributed by atoms with Gasteiger partial charge < -0.3 is 22.9 Å². The lowest BCUT2D eigenvalue weighted by Gasteiger charge is -2.08. The van der Waals surface area contributed by atoms with Crippen LogP contribution >= 0.6 is 0 Å². The highest BCUT2D eigenvalue weighted by atomic mass is 16.1. The van der Waals surface area contributed by atoms with Crippen molar-refractivity contribution >= 4 is 23.2 Å². The molecule has 0 bridgehead atoms. The van der Waals surface area contributed by atoms with Gasteiger partial charge in [-0.05, 0) is 41.8 Å². The molecule has 0 saturated carbocycles. The summed E-state index contributed by atoms with van der Waals surface area (Å²) >= 11 is 0. The van der Waals surface area contributed by atoms with E-state index in [1.807, 2.05) is 0 Å². The van der Waals surface area contributed by atoms with Crippen molar-refractivity contribution in [2.24, 2.45) is 11.5 Å². The van der Waals surface area contributed by atoms with Crippen LogP contribution in [0.15, 0.2) is 36.4 Å². The van der Waals surface area contributed by atoms with Gasteiger partial charge in [0.2, 0.25) is 0 Å². The molecule has 0 radical (unpaired) electrons. The van der Waals surface area contributed by atoms with Crippen molar-refractivity contribution < 1.29 is 9.59 Å². The molecule has 0 aliphatic heterocycles. The predicted octanol–water partition coefficient (Wildman–Crippen LogP) is 0.640. The molecule has 0 heterocycles. The Labute approximate surface area is 121 Å². The Morgan fingerprint density at radius 3 is 1.43 bits per heavy atom. The van der Waals surface area contributed by atoms with Crippen LogP contribution in [-0.4, -0.2) is 11.8 Å². The zero-order valence-corrected chi connectivity index (χ0v) is 11.3. The average molecular weight is 284 g/mol. The van der Waals surface area contributed by atoms with E-state index < -0.39 is 11.8 Å². The Morgan fingerprint density at radius 2 is 1.14 bits per heavy atom. The van der Waals surface area contributed by atoms with E-state index >= 15 is 0 Å². The summed E-state index contributed by atoms with van der Waals surface area (Å²) in [6, 6.07) is 10.1. The Morgan fingerprint density at radius 1 is 0.762 bits per heavy atom. The van der Waals surface area contributed by atoms with Crippen LogP contribution in [0.5, 0.6) is 0 Å². The third-order valence-electron chi connectivity index (χ3n) is 3.17. The fourth-order valence-electron chi connectivity index (χ4n) is 2.13. The third-order valence-corrected chi connectivity index (χ3v) is 3.17. The largest absolute Gasteiger partial charge is 0.398 e. The highest BCUT2D eigenvalue weighted by Crippen LogP contribution is 2.20. The molecule has 8 N–H and O–H groups in total. The minimum absolute atomic E-state index is 0.294. The van der Waals surface area contributed by atoms with E-state index in [2.05, 4.69) is 0 Å². The summed E-state index contributed by atoms with van der Waals surface area (Å²) in [7, 11) is 0. The molecule has 0 unspecified atom stereocenters. The molecule has 21 heavy (non-hydrogen) atoms. The molecule has 108 valence electrons. The second-order valence-electron chi connectivity index (χ2n) is 4.75. The topological polar surface area (TPSA) is 138 Å². The van der Waals surface area contributed by atoms with E-state index in [0.717, 1.165) is 11.1 Å². The van der Waals surface area contributed by atoms with Crippen LogP contribution in [0.4, 0.5) is 11.4 Å². The number of carbonyl (C=O) groups excluding carboxylic acids is 2. The molecule has 0 fully saturated rings. The van der Waals surface area contributed by atoms with Gasteiger partial charge in [0.05, 0.1) is 11.1 Å². The Hall–Kier alpha value is -3.02. The maximum Gasteiger partial charge on any atom is 0.250 e. The number of primary amides is 2. The second-order valence-corrected chi connectivity index (χ2v) is 4.75. The van der Waals surface area contributed by atoms with Crippen LogP contribution in [0.25, 0.3) is 0 Å². The first kappa shape index (κ1) is 14.4. The molecule has 2 rings (SSSR count). The van der Waals surface area contributed by atoms with Gasteiger partial charge in [-0.3, -0.25) is 9.59 Å². The number of rotatable bonds is 4. The van der Waals surface area contributed by atoms with Crippen molar-refractivity contribution in [1.29, 1.82) is 0 Å². The predicted molar refractivity (Wildman–Crippen MR) is 81.6 cm³/mol. The number of carbonyl (C=O) groups is 2. The molecule has 0 atom stereocenters. The van der Waals surface area contributed by atoms with Gasteiger partial charge in [0.1, 0.15) is 0 Å². The van der Waals surface area contributed by atoms with Gasteiger partial charge in [-0.25, -0.2) is 0 Å². The minimum Gasteiger partial charge on any atom is -0.398 e. The molecule has 0 aliphatic rings. The van der Waals surface area contributed by atoms with Gasteiger partial charge in [-0.1, -0.05) is 12.1 Å². The molecule has 2 aromatic rings. The summed E-state index contributed by atoms with van der Waals surface area (Å²) in [6.45, 7) is 0. The standard InChI is InChI=1S/C15H16N4O2/c16-12-6-8(1-3-10(12)14(18)20)5-9-2-4-11(15(19)21)13(17)7-9/h1-4,6-7H,5,16-17H2,(H2,18,20)(H2,19,21).